The largest absolute Gasteiger partial charge is 0.339 e. The van der Waals surface area contributed by atoms with Crippen molar-refractivity contribution >= 4 is 29.9 Å². The van der Waals surface area contributed by atoms with Crippen LogP contribution in [0.2, 0.25) is 0 Å². The summed E-state index contributed by atoms with van der Waals surface area (Å²) in [5.41, 5.74) is 2.64. The van der Waals surface area contributed by atoms with Crippen molar-refractivity contribution < 1.29 is 9.59 Å². The molecule has 2 fully saturated rings. The summed E-state index contributed by atoms with van der Waals surface area (Å²) in [5, 5.41) is 6.49. The second-order valence-corrected chi connectivity index (χ2v) is 7.10. The van der Waals surface area contributed by atoms with Gasteiger partial charge in [0.2, 0.25) is 5.91 Å². The van der Waals surface area contributed by atoms with Gasteiger partial charge in [0.15, 0.2) is 0 Å². The maximum absolute atomic E-state index is 12.8. The van der Waals surface area contributed by atoms with Crippen LogP contribution in [0, 0.1) is 0 Å². The fourth-order valence-electron chi connectivity index (χ4n) is 4.23. The number of hydrogen-bond acceptors (Lipinski definition) is 3. The first-order valence-corrected chi connectivity index (χ1v) is 8.56. The summed E-state index contributed by atoms with van der Waals surface area (Å²) in [5.74, 6) is 0.148. The summed E-state index contributed by atoms with van der Waals surface area (Å²) in [6, 6.07) is 7.12. The first kappa shape index (κ1) is 17.2. The molecule has 3 aliphatic rings. The lowest BCUT2D eigenvalue weighted by molar-refractivity contribution is -0.116. The van der Waals surface area contributed by atoms with E-state index in [9.17, 15) is 9.59 Å². The van der Waals surface area contributed by atoms with Crippen molar-refractivity contribution in [2.45, 2.75) is 56.7 Å². The molecule has 0 aromatic heterocycles. The van der Waals surface area contributed by atoms with Gasteiger partial charge in [0, 0.05) is 42.8 Å². The molecule has 24 heavy (non-hydrogen) atoms. The van der Waals surface area contributed by atoms with Crippen molar-refractivity contribution in [3.63, 3.8) is 0 Å². The SMILES string of the molecule is CN(C(=O)c1ccc2c(c1)CCC(=O)N2)C1CC2CCC(C1)N2.Cl. The number of fused-ring (bicyclic) bond motifs is 3. The molecule has 2 unspecified atom stereocenters. The van der Waals surface area contributed by atoms with Crippen LogP contribution in [-0.2, 0) is 11.2 Å². The third kappa shape index (κ3) is 3.15. The van der Waals surface area contributed by atoms with Crippen LogP contribution in [0.3, 0.4) is 0 Å². The van der Waals surface area contributed by atoms with E-state index in [0.717, 1.165) is 29.7 Å². The predicted molar refractivity (Wildman–Crippen MR) is 95.7 cm³/mol. The topological polar surface area (TPSA) is 61.4 Å². The first-order valence-electron chi connectivity index (χ1n) is 8.56. The monoisotopic (exact) mass is 349 g/mol. The molecule has 3 aliphatic heterocycles. The molecule has 2 saturated heterocycles. The van der Waals surface area contributed by atoms with Gasteiger partial charge in [0.05, 0.1) is 0 Å². The van der Waals surface area contributed by atoms with E-state index < -0.39 is 0 Å². The van der Waals surface area contributed by atoms with Crippen LogP contribution >= 0.6 is 12.4 Å². The lowest BCUT2D eigenvalue weighted by atomic mass is 9.96. The Labute approximate surface area is 148 Å². The highest BCUT2D eigenvalue weighted by atomic mass is 35.5. The van der Waals surface area contributed by atoms with Gasteiger partial charge in [-0.05, 0) is 55.9 Å². The Morgan fingerprint density at radius 2 is 1.88 bits per heavy atom. The Hall–Kier alpha value is -1.59. The van der Waals surface area contributed by atoms with Crippen molar-refractivity contribution in [1.29, 1.82) is 0 Å². The zero-order chi connectivity index (χ0) is 16.0. The molecule has 2 amide bonds. The average molecular weight is 350 g/mol. The molecule has 4 rings (SSSR count). The van der Waals surface area contributed by atoms with Crippen LogP contribution in [0.25, 0.3) is 0 Å². The van der Waals surface area contributed by atoms with Gasteiger partial charge in [-0.3, -0.25) is 9.59 Å². The van der Waals surface area contributed by atoms with Gasteiger partial charge in [-0.15, -0.1) is 12.4 Å². The van der Waals surface area contributed by atoms with Gasteiger partial charge < -0.3 is 15.5 Å². The number of carbonyl (C=O) groups excluding carboxylic acids is 2. The zero-order valence-electron chi connectivity index (χ0n) is 13.9. The predicted octanol–water partition coefficient (Wildman–Crippen LogP) is 2.35. The number of nitrogens with one attached hydrogen (secondary N) is 2. The molecule has 0 spiro atoms. The quantitative estimate of drug-likeness (QED) is 0.861. The molecule has 0 saturated carbocycles. The minimum Gasteiger partial charge on any atom is -0.339 e. The van der Waals surface area contributed by atoms with E-state index in [2.05, 4.69) is 10.6 Å². The third-order valence-electron chi connectivity index (χ3n) is 5.56. The lowest BCUT2D eigenvalue weighted by Gasteiger charge is -2.35. The van der Waals surface area contributed by atoms with E-state index in [4.69, 9.17) is 0 Å². The highest BCUT2D eigenvalue weighted by molar-refractivity contribution is 5.98. The maximum Gasteiger partial charge on any atom is 0.253 e. The lowest BCUT2D eigenvalue weighted by Crippen LogP contribution is -2.48. The van der Waals surface area contributed by atoms with Crippen molar-refractivity contribution in [1.82, 2.24) is 10.2 Å². The highest BCUT2D eigenvalue weighted by Crippen LogP contribution is 2.30. The molecular weight excluding hydrogens is 326 g/mol. The Morgan fingerprint density at radius 3 is 2.58 bits per heavy atom. The molecule has 130 valence electrons. The molecule has 1 aromatic carbocycles. The van der Waals surface area contributed by atoms with Gasteiger partial charge in [-0.2, -0.15) is 0 Å². The molecular formula is C18H24ClN3O2. The number of carbonyl (C=O) groups is 2. The second-order valence-electron chi connectivity index (χ2n) is 7.10. The molecule has 2 atom stereocenters. The number of halogens is 1. The van der Waals surface area contributed by atoms with Gasteiger partial charge in [0.25, 0.3) is 5.91 Å². The highest BCUT2D eigenvalue weighted by Gasteiger charge is 2.36. The molecule has 3 heterocycles. The molecule has 1 aromatic rings. The summed E-state index contributed by atoms with van der Waals surface area (Å²) in [6.45, 7) is 0. The Balaban J connectivity index is 0.00000169. The Morgan fingerprint density at radius 1 is 1.17 bits per heavy atom. The number of benzene rings is 1. The van der Waals surface area contributed by atoms with Crippen LogP contribution < -0.4 is 10.6 Å². The third-order valence-corrected chi connectivity index (χ3v) is 5.56. The van der Waals surface area contributed by atoms with Crippen molar-refractivity contribution in [3.05, 3.63) is 29.3 Å². The summed E-state index contributed by atoms with van der Waals surface area (Å²) in [7, 11) is 1.93. The summed E-state index contributed by atoms with van der Waals surface area (Å²) < 4.78 is 0. The number of hydrogen-bond donors (Lipinski definition) is 2. The minimum absolute atomic E-state index is 0. The average Bonchev–Trinajstić information content (AvgIpc) is 2.91. The van der Waals surface area contributed by atoms with Crippen LogP contribution in [0.15, 0.2) is 18.2 Å². The van der Waals surface area contributed by atoms with Crippen molar-refractivity contribution in [3.8, 4) is 0 Å². The Bertz CT molecular complexity index is 652. The number of aryl methyl sites for hydroxylation is 1. The van der Waals surface area contributed by atoms with Gasteiger partial charge in [-0.1, -0.05) is 0 Å². The van der Waals surface area contributed by atoms with Gasteiger partial charge in [-0.25, -0.2) is 0 Å². The smallest absolute Gasteiger partial charge is 0.253 e. The summed E-state index contributed by atoms with van der Waals surface area (Å²) in [4.78, 5) is 26.2. The Kier molecular flexibility index (Phi) is 4.83. The number of rotatable bonds is 2. The summed E-state index contributed by atoms with van der Waals surface area (Å²) >= 11 is 0. The fourth-order valence-corrected chi connectivity index (χ4v) is 4.23. The molecule has 5 nitrogen and oxygen atoms in total. The van der Waals surface area contributed by atoms with E-state index in [1.54, 1.807) is 0 Å². The van der Waals surface area contributed by atoms with E-state index in [-0.39, 0.29) is 24.2 Å². The van der Waals surface area contributed by atoms with Crippen molar-refractivity contribution in [2.24, 2.45) is 0 Å². The van der Waals surface area contributed by atoms with Crippen LogP contribution in [0.1, 0.15) is 48.0 Å². The second kappa shape index (κ2) is 6.73. The standard InChI is InChI=1S/C18H23N3O2.ClH/c1-21(15-9-13-4-5-14(10-15)19-13)18(23)12-2-6-16-11(8-12)3-7-17(22)20-16;/h2,6,8,13-15,19H,3-5,7,9-10H2,1H3,(H,20,22);1H. The van der Waals surface area contributed by atoms with Crippen LogP contribution in [0.5, 0.6) is 0 Å². The fraction of sp³-hybridized carbons (Fsp3) is 0.556. The summed E-state index contributed by atoms with van der Waals surface area (Å²) in [6.07, 6.45) is 5.80. The molecule has 6 heteroatoms. The minimum atomic E-state index is 0. The van der Waals surface area contributed by atoms with Gasteiger partial charge >= 0.3 is 0 Å². The van der Waals surface area contributed by atoms with E-state index in [0.29, 0.717) is 31.0 Å². The first-order chi connectivity index (χ1) is 11.1. The van der Waals surface area contributed by atoms with E-state index in [1.807, 2.05) is 30.1 Å². The molecule has 0 aliphatic carbocycles. The molecule has 0 radical (unpaired) electrons. The maximum atomic E-state index is 12.8. The molecule has 2 N–H and O–H groups in total. The van der Waals surface area contributed by atoms with Gasteiger partial charge in [0.1, 0.15) is 0 Å². The van der Waals surface area contributed by atoms with Crippen LogP contribution in [-0.4, -0.2) is 41.9 Å². The number of amides is 2. The van der Waals surface area contributed by atoms with Crippen molar-refractivity contribution in [2.75, 3.05) is 12.4 Å². The van der Waals surface area contributed by atoms with Crippen LogP contribution in [0.4, 0.5) is 5.69 Å². The number of piperidine rings is 1. The van der Waals surface area contributed by atoms with E-state index >= 15 is 0 Å². The normalized spacial score (nSPS) is 27.7. The zero-order valence-corrected chi connectivity index (χ0v) is 14.7. The number of nitrogens with zero attached hydrogens (tertiary/aromatic N) is 1. The van der Waals surface area contributed by atoms with E-state index in [1.165, 1.54) is 12.8 Å². The molecule has 2 bridgehead atoms. The number of anilines is 1.